The SMILES string of the molecule is O=C(CNC1CCSc2ccccc21)NC1CC1. The van der Waals surface area contributed by atoms with E-state index in [1.54, 1.807) is 0 Å². The van der Waals surface area contributed by atoms with Crippen LogP contribution in [0.2, 0.25) is 0 Å². The third kappa shape index (κ3) is 2.87. The zero-order valence-electron chi connectivity index (χ0n) is 10.3. The van der Waals surface area contributed by atoms with Crippen molar-refractivity contribution >= 4 is 17.7 Å². The minimum absolute atomic E-state index is 0.133. The predicted octanol–water partition coefficient (Wildman–Crippen LogP) is 2.09. The van der Waals surface area contributed by atoms with Crippen molar-refractivity contribution in [1.82, 2.24) is 10.6 Å². The van der Waals surface area contributed by atoms with Gasteiger partial charge in [0.25, 0.3) is 0 Å². The number of hydrogen-bond donors (Lipinski definition) is 2. The molecule has 1 aromatic carbocycles. The van der Waals surface area contributed by atoms with Crippen molar-refractivity contribution < 1.29 is 4.79 Å². The van der Waals surface area contributed by atoms with Gasteiger partial charge < -0.3 is 10.6 Å². The highest BCUT2D eigenvalue weighted by Gasteiger charge is 2.24. The molecular weight excluding hydrogens is 244 g/mol. The number of thioether (sulfide) groups is 1. The summed E-state index contributed by atoms with van der Waals surface area (Å²) in [7, 11) is 0. The molecule has 1 atom stereocenters. The molecule has 2 N–H and O–H groups in total. The monoisotopic (exact) mass is 262 g/mol. The number of nitrogens with one attached hydrogen (secondary N) is 2. The summed E-state index contributed by atoms with van der Waals surface area (Å²) in [5, 5.41) is 6.40. The van der Waals surface area contributed by atoms with Gasteiger partial charge in [-0.05, 0) is 36.6 Å². The van der Waals surface area contributed by atoms with Crippen LogP contribution in [0.1, 0.15) is 30.9 Å². The molecule has 1 amide bonds. The third-order valence-electron chi connectivity index (χ3n) is 3.41. The lowest BCUT2D eigenvalue weighted by molar-refractivity contribution is -0.120. The van der Waals surface area contributed by atoms with Crippen LogP contribution in [0.4, 0.5) is 0 Å². The molecule has 0 saturated heterocycles. The molecule has 1 aliphatic carbocycles. The molecule has 3 rings (SSSR count). The van der Waals surface area contributed by atoms with Gasteiger partial charge in [0.15, 0.2) is 0 Å². The Morgan fingerprint density at radius 2 is 2.11 bits per heavy atom. The summed E-state index contributed by atoms with van der Waals surface area (Å²) < 4.78 is 0. The van der Waals surface area contributed by atoms with Gasteiger partial charge in [-0.15, -0.1) is 11.8 Å². The van der Waals surface area contributed by atoms with Crippen LogP contribution in [0.3, 0.4) is 0 Å². The highest BCUT2D eigenvalue weighted by atomic mass is 32.2. The van der Waals surface area contributed by atoms with Crippen molar-refractivity contribution in [2.75, 3.05) is 12.3 Å². The second kappa shape index (κ2) is 5.33. The summed E-state index contributed by atoms with van der Waals surface area (Å²) >= 11 is 1.91. The summed E-state index contributed by atoms with van der Waals surface area (Å²) in [4.78, 5) is 13.0. The molecule has 2 aliphatic rings. The number of fused-ring (bicyclic) bond motifs is 1. The van der Waals surface area contributed by atoms with E-state index in [9.17, 15) is 4.79 Å². The van der Waals surface area contributed by atoms with Crippen molar-refractivity contribution in [1.29, 1.82) is 0 Å². The Labute approximate surface area is 112 Å². The molecule has 0 spiro atoms. The van der Waals surface area contributed by atoms with E-state index in [1.165, 1.54) is 10.5 Å². The summed E-state index contributed by atoms with van der Waals surface area (Å²) in [6, 6.07) is 9.26. The maximum Gasteiger partial charge on any atom is 0.234 e. The molecule has 1 saturated carbocycles. The average molecular weight is 262 g/mol. The summed E-state index contributed by atoms with van der Waals surface area (Å²) in [5.41, 5.74) is 1.34. The van der Waals surface area contributed by atoms with Gasteiger partial charge in [0.2, 0.25) is 5.91 Å². The van der Waals surface area contributed by atoms with Crippen LogP contribution in [0.15, 0.2) is 29.2 Å². The van der Waals surface area contributed by atoms with Gasteiger partial charge in [-0.1, -0.05) is 18.2 Å². The first-order chi connectivity index (χ1) is 8.83. The Bertz CT molecular complexity index is 445. The van der Waals surface area contributed by atoms with E-state index < -0.39 is 0 Å². The predicted molar refractivity (Wildman–Crippen MR) is 73.7 cm³/mol. The van der Waals surface area contributed by atoms with E-state index in [0.717, 1.165) is 25.0 Å². The molecule has 1 aromatic rings. The van der Waals surface area contributed by atoms with Crippen LogP contribution >= 0.6 is 11.8 Å². The van der Waals surface area contributed by atoms with E-state index in [1.807, 2.05) is 11.8 Å². The normalized spacial score (nSPS) is 22.3. The van der Waals surface area contributed by atoms with Crippen LogP contribution in [0.25, 0.3) is 0 Å². The van der Waals surface area contributed by atoms with Crippen molar-refractivity contribution in [3.05, 3.63) is 29.8 Å². The number of carbonyl (C=O) groups is 1. The largest absolute Gasteiger partial charge is 0.352 e. The minimum Gasteiger partial charge on any atom is -0.352 e. The van der Waals surface area contributed by atoms with E-state index in [0.29, 0.717) is 18.6 Å². The fourth-order valence-corrected chi connectivity index (χ4v) is 3.40. The number of amides is 1. The molecule has 3 nitrogen and oxygen atoms in total. The van der Waals surface area contributed by atoms with E-state index in [-0.39, 0.29) is 5.91 Å². The maximum atomic E-state index is 11.7. The van der Waals surface area contributed by atoms with Crippen LogP contribution < -0.4 is 10.6 Å². The van der Waals surface area contributed by atoms with Gasteiger partial charge in [0, 0.05) is 17.0 Å². The third-order valence-corrected chi connectivity index (χ3v) is 4.53. The average Bonchev–Trinajstić information content (AvgIpc) is 3.20. The Hall–Kier alpha value is -1.00. The van der Waals surface area contributed by atoms with Crippen LogP contribution in [-0.4, -0.2) is 24.2 Å². The zero-order chi connectivity index (χ0) is 12.4. The molecule has 4 heteroatoms. The molecule has 1 fully saturated rings. The van der Waals surface area contributed by atoms with Crippen molar-refractivity contribution in [2.45, 2.75) is 36.2 Å². The van der Waals surface area contributed by atoms with Crippen LogP contribution in [-0.2, 0) is 4.79 Å². The van der Waals surface area contributed by atoms with Gasteiger partial charge >= 0.3 is 0 Å². The molecule has 0 aromatic heterocycles. The van der Waals surface area contributed by atoms with Gasteiger partial charge in [-0.25, -0.2) is 0 Å². The lowest BCUT2D eigenvalue weighted by atomic mass is 10.0. The molecule has 1 unspecified atom stereocenters. The van der Waals surface area contributed by atoms with E-state index in [2.05, 4.69) is 34.9 Å². The number of rotatable bonds is 4. The molecule has 18 heavy (non-hydrogen) atoms. The van der Waals surface area contributed by atoms with Gasteiger partial charge in [0.1, 0.15) is 0 Å². The standard InChI is InChI=1S/C14H18N2OS/c17-14(16-10-5-6-10)9-15-12-7-8-18-13-4-2-1-3-11(12)13/h1-4,10,12,15H,5-9H2,(H,16,17). The molecule has 0 bridgehead atoms. The van der Waals surface area contributed by atoms with E-state index in [4.69, 9.17) is 0 Å². The zero-order valence-corrected chi connectivity index (χ0v) is 11.1. The number of benzene rings is 1. The van der Waals surface area contributed by atoms with Crippen LogP contribution in [0, 0.1) is 0 Å². The highest BCUT2D eigenvalue weighted by Crippen LogP contribution is 2.35. The Morgan fingerprint density at radius 3 is 2.94 bits per heavy atom. The Balaban J connectivity index is 1.58. The molecular formula is C14H18N2OS. The van der Waals surface area contributed by atoms with Crippen molar-refractivity contribution in [3.63, 3.8) is 0 Å². The fourth-order valence-electron chi connectivity index (χ4n) is 2.28. The Morgan fingerprint density at radius 1 is 1.28 bits per heavy atom. The summed E-state index contributed by atoms with van der Waals surface area (Å²) in [5.74, 6) is 1.26. The molecule has 1 aliphatic heterocycles. The number of hydrogen-bond acceptors (Lipinski definition) is 3. The fraction of sp³-hybridized carbons (Fsp3) is 0.500. The first-order valence-corrected chi connectivity index (χ1v) is 7.56. The van der Waals surface area contributed by atoms with Crippen molar-refractivity contribution in [3.8, 4) is 0 Å². The van der Waals surface area contributed by atoms with E-state index >= 15 is 0 Å². The second-order valence-electron chi connectivity index (χ2n) is 4.95. The lowest BCUT2D eigenvalue weighted by Crippen LogP contribution is -2.37. The quantitative estimate of drug-likeness (QED) is 0.873. The molecule has 0 radical (unpaired) electrons. The maximum absolute atomic E-state index is 11.7. The lowest BCUT2D eigenvalue weighted by Gasteiger charge is -2.25. The summed E-state index contributed by atoms with van der Waals surface area (Å²) in [6.07, 6.45) is 3.39. The highest BCUT2D eigenvalue weighted by molar-refractivity contribution is 7.99. The van der Waals surface area contributed by atoms with Crippen molar-refractivity contribution in [2.24, 2.45) is 0 Å². The van der Waals surface area contributed by atoms with Gasteiger partial charge in [0.05, 0.1) is 6.54 Å². The summed E-state index contributed by atoms with van der Waals surface area (Å²) in [6.45, 7) is 0.431. The van der Waals surface area contributed by atoms with Crippen LogP contribution in [0.5, 0.6) is 0 Å². The second-order valence-corrected chi connectivity index (χ2v) is 6.09. The first kappa shape index (κ1) is 12.1. The molecule has 1 heterocycles. The Kier molecular flexibility index (Phi) is 3.57. The smallest absolute Gasteiger partial charge is 0.234 e. The van der Waals surface area contributed by atoms with Gasteiger partial charge in [-0.3, -0.25) is 4.79 Å². The minimum atomic E-state index is 0.133. The molecule has 96 valence electrons. The first-order valence-electron chi connectivity index (χ1n) is 6.57. The number of carbonyl (C=O) groups excluding carboxylic acids is 1. The van der Waals surface area contributed by atoms with Gasteiger partial charge in [-0.2, -0.15) is 0 Å². The topological polar surface area (TPSA) is 41.1 Å².